The Morgan fingerprint density at radius 1 is 0.973 bits per heavy atom. The van der Waals surface area contributed by atoms with Crippen molar-refractivity contribution >= 4 is 39.0 Å². The van der Waals surface area contributed by atoms with Crippen LogP contribution in [-0.2, 0) is 6.54 Å². The number of anilines is 1. The lowest BCUT2D eigenvalue weighted by atomic mass is 10.1. The number of nitrogens with one attached hydrogen (secondary N) is 1. The van der Waals surface area contributed by atoms with Gasteiger partial charge in [0.05, 0.1) is 16.4 Å². The first-order chi connectivity index (χ1) is 18.1. The summed E-state index contributed by atoms with van der Waals surface area (Å²) in [6, 6.07) is 27.8. The molecule has 6 nitrogen and oxygen atoms in total. The van der Waals surface area contributed by atoms with Crippen molar-refractivity contribution in [3.05, 3.63) is 106 Å². The highest BCUT2D eigenvalue weighted by atomic mass is 79.9. The number of nitrogens with zero attached hydrogens (tertiary/aromatic N) is 4. The van der Waals surface area contributed by atoms with Gasteiger partial charge in [0.15, 0.2) is 5.65 Å². The van der Waals surface area contributed by atoms with E-state index < -0.39 is 0 Å². The number of para-hydroxylation sites is 1. The van der Waals surface area contributed by atoms with Crippen molar-refractivity contribution in [2.24, 2.45) is 0 Å². The summed E-state index contributed by atoms with van der Waals surface area (Å²) in [5, 5.41) is 8.68. The van der Waals surface area contributed by atoms with E-state index in [1.54, 1.807) is 6.20 Å². The standard InChI is InChI=1S/C29H27BrClN5O/c1-35(20-21-9-7-12-23(17-21)37-22-10-3-2-4-11-22)16-8-15-32-28-18-27(24-13-5-6-14-26(24)31)34-29-25(30)19-33-36(28)29/h2-7,9-14,17-19,32H,8,15-16,20H2,1H3. The van der Waals surface area contributed by atoms with Crippen LogP contribution in [0, 0.1) is 0 Å². The number of hydrogen-bond donors (Lipinski definition) is 1. The van der Waals surface area contributed by atoms with Gasteiger partial charge in [-0.1, -0.05) is 60.1 Å². The number of ether oxygens (including phenoxy) is 1. The average Bonchev–Trinajstić information content (AvgIpc) is 3.28. The number of benzene rings is 3. The molecule has 0 spiro atoms. The van der Waals surface area contributed by atoms with Crippen LogP contribution in [0.2, 0.25) is 5.02 Å². The number of rotatable bonds is 10. The predicted octanol–water partition coefficient (Wildman–Crippen LogP) is 7.54. The van der Waals surface area contributed by atoms with E-state index in [-0.39, 0.29) is 0 Å². The third-order valence-corrected chi connectivity index (χ3v) is 6.82. The molecule has 0 saturated heterocycles. The minimum absolute atomic E-state index is 0.667. The topological polar surface area (TPSA) is 54.7 Å². The molecular weight excluding hydrogens is 550 g/mol. The second kappa shape index (κ2) is 11.8. The van der Waals surface area contributed by atoms with Gasteiger partial charge in [-0.05, 0) is 71.8 Å². The van der Waals surface area contributed by atoms with Crippen LogP contribution in [0.5, 0.6) is 11.5 Å². The van der Waals surface area contributed by atoms with E-state index in [1.165, 1.54) is 5.56 Å². The smallest absolute Gasteiger partial charge is 0.172 e. The van der Waals surface area contributed by atoms with Crippen molar-refractivity contribution < 1.29 is 4.74 Å². The summed E-state index contributed by atoms with van der Waals surface area (Å²) in [6.07, 6.45) is 2.72. The van der Waals surface area contributed by atoms with Gasteiger partial charge in [-0.25, -0.2) is 4.98 Å². The lowest BCUT2D eigenvalue weighted by Gasteiger charge is -2.18. The fourth-order valence-electron chi connectivity index (χ4n) is 4.16. The van der Waals surface area contributed by atoms with E-state index >= 15 is 0 Å². The zero-order chi connectivity index (χ0) is 25.6. The summed E-state index contributed by atoms with van der Waals surface area (Å²) in [6.45, 7) is 2.57. The molecule has 1 N–H and O–H groups in total. The summed E-state index contributed by atoms with van der Waals surface area (Å²) < 4.78 is 8.63. The van der Waals surface area contributed by atoms with Crippen LogP contribution in [0.15, 0.2) is 95.6 Å². The molecule has 0 amide bonds. The molecule has 0 aliphatic carbocycles. The van der Waals surface area contributed by atoms with Crippen LogP contribution in [0.4, 0.5) is 5.82 Å². The maximum absolute atomic E-state index is 6.45. The molecule has 0 aliphatic heterocycles. The SMILES string of the molecule is CN(CCCNc1cc(-c2ccccc2Cl)nc2c(Br)cnn12)Cc1cccc(Oc2ccccc2)c1. The highest BCUT2D eigenvalue weighted by Crippen LogP contribution is 2.30. The molecule has 37 heavy (non-hydrogen) atoms. The molecule has 0 aliphatic rings. The lowest BCUT2D eigenvalue weighted by molar-refractivity contribution is 0.325. The van der Waals surface area contributed by atoms with Gasteiger partial charge < -0.3 is 15.0 Å². The highest BCUT2D eigenvalue weighted by Gasteiger charge is 2.13. The number of fused-ring (bicyclic) bond motifs is 1. The van der Waals surface area contributed by atoms with Gasteiger partial charge in [0.1, 0.15) is 17.3 Å². The summed E-state index contributed by atoms with van der Waals surface area (Å²) in [5.41, 5.74) is 3.65. The maximum atomic E-state index is 6.45. The van der Waals surface area contributed by atoms with Gasteiger partial charge in [0, 0.05) is 29.7 Å². The molecule has 0 fully saturated rings. The molecule has 3 aromatic carbocycles. The first kappa shape index (κ1) is 25.3. The Hall–Kier alpha value is -3.39. The Labute approximate surface area is 230 Å². The lowest BCUT2D eigenvalue weighted by Crippen LogP contribution is -2.21. The second-order valence-corrected chi connectivity index (χ2v) is 10.1. The highest BCUT2D eigenvalue weighted by molar-refractivity contribution is 9.10. The maximum Gasteiger partial charge on any atom is 0.172 e. The van der Waals surface area contributed by atoms with Crippen molar-refractivity contribution in [2.75, 3.05) is 25.5 Å². The Bertz CT molecular complexity index is 1490. The van der Waals surface area contributed by atoms with Gasteiger partial charge >= 0.3 is 0 Å². The molecule has 2 heterocycles. The fraction of sp³-hybridized carbons (Fsp3) is 0.172. The zero-order valence-electron chi connectivity index (χ0n) is 20.4. The minimum atomic E-state index is 0.667. The van der Waals surface area contributed by atoms with Crippen LogP contribution in [0.1, 0.15) is 12.0 Å². The molecule has 5 rings (SSSR count). The third kappa shape index (κ3) is 6.31. The van der Waals surface area contributed by atoms with Crippen LogP contribution in [0.25, 0.3) is 16.9 Å². The molecule has 8 heteroatoms. The van der Waals surface area contributed by atoms with Crippen molar-refractivity contribution in [1.29, 1.82) is 0 Å². The van der Waals surface area contributed by atoms with Crippen LogP contribution < -0.4 is 10.1 Å². The predicted molar refractivity (Wildman–Crippen MR) is 154 cm³/mol. The minimum Gasteiger partial charge on any atom is -0.457 e. The van der Waals surface area contributed by atoms with Crippen molar-refractivity contribution in [3.63, 3.8) is 0 Å². The van der Waals surface area contributed by atoms with E-state index in [0.717, 1.165) is 64.7 Å². The zero-order valence-corrected chi connectivity index (χ0v) is 22.8. The summed E-state index contributed by atoms with van der Waals surface area (Å²) >= 11 is 10.0. The normalized spacial score (nSPS) is 11.2. The van der Waals surface area contributed by atoms with Gasteiger partial charge in [0.2, 0.25) is 0 Å². The number of hydrogen-bond acceptors (Lipinski definition) is 5. The quantitative estimate of drug-likeness (QED) is 0.174. The molecule has 5 aromatic rings. The van der Waals surface area contributed by atoms with E-state index in [1.807, 2.05) is 77.3 Å². The molecule has 0 atom stereocenters. The molecule has 0 unspecified atom stereocenters. The second-order valence-electron chi connectivity index (χ2n) is 8.82. The average molecular weight is 577 g/mol. The van der Waals surface area contributed by atoms with Crippen LogP contribution >= 0.6 is 27.5 Å². The molecule has 188 valence electrons. The van der Waals surface area contributed by atoms with Gasteiger partial charge in [-0.3, -0.25) is 0 Å². The Morgan fingerprint density at radius 3 is 2.59 bits per heavy atom. The largest absolute Gasteiger partial charge is 0.457 e. The van der Waals surface area contributed by atoms with E-state index in [0.29, 0.717) is 5.02 Å². The Morgan fingerprint density at radius 2 is 1.76 bits per heavy atom. The van der Waals surface area contributed by atoms with Crippen molar-refractivity contribution in [3.8, 4) is 22.8 Å². The summed E-state index contributed by atoms with van der Waals surface area (Å²) in [7, 11) is 2.13. The molecular formula is C29H27BrClN5O. The van der Waals surface area contributed by atoms with E-state index in [2.05, 4.69) is 50.4 Å². The molecule has 0 bridgehead atoms. The van der Waals surface area contributed by atoms with Crippen molar-refractivity contribution in [1.82, 2.24) is 19.5 Å². The van der Waals surface area contributed by atoms with E-state index in [9.17, 15) is 0 Å². The molecule has 0 radical (unpaired) electrons. The Kier molecular flexibility index (Phi) is 8.04. The monoisotopic (exact) mass is 575 g/mol. The third-order valence-electron chi connectivity index (χ3n) is 5.93. The van der Waals surface area contributed by atoms with E-state index in [4.69, 9.17) is 21.3 Å². The van der Waals surface area contributed by atoms with Crippen LogP contribution in [-0.4, -0.2) is 39.6 Å². The first-order valence-corrected chi connectivity index (χ1v) is 13.3. The fourth-order valence-corrected chi connectivity index (χ4v) is 4.74. The van der Waals surface area contributed by atoms with Gasteiger partial charge in [-0.2, -0.15) is 9.61 Å². The van der Waals surface area contributed by atoms with Crippen LogP contribution in [0.3, 0.4) is 0 Å². The molecule has 2 aromatic heterocycles. The van der Waals surface area contributed by atoms with Gasteiger partial charge in [-0.15, -0.1) is 0 Å². The Balaban J connectivity index is 1.19. The number of aromatic nitrogens is 3. The van der Waals surface area contributed by atoms with Gasteiger partial charge in [0.25, 0.3) is 0 Å². The summed E-state index contributed by atoms with van der Waals surface area (Å²) in [5.74, 6) is 2.56. The molecule has 0 saturated carbocycles. The summed E-state index contributed by atoms with van der Waals surface area (Å²) in [4.78, 5) is 7.08. The number of halogens is 2. The first-order valence-electron chi connectivity index (χ1n) is 12.1. The van der Waals surface area contributed by atoms with Crippen molar-refractivity contribution in [2.45, 2.75) is 13.0 Å².